The molecule has 0 bridgehead atoms. The number of benzene rings is 1. The van der Waals surface area contributed by atoms with Gasteiger partial charge in [0.1, 0.15) is 13.2 Å². The van der Waals surface area contributed by atoms with Crippen LogP contribution in [0.2, 0.25) is 5.02 Å². The molecule has 21 heavy (non-hydrogen) atoms. The highest BCUT2D eigenvalue weighted by atomic mass is 35.5. The maximum absolute atomic E-state index is 11.7. The summed E-state index contributed by atoms with van der Waals surface area (Å²) in [7, 11) is 0. The summed E-state index contributed by atoms with van der Waals surface area (Å²) in [5.74, 6) is 2.53. The maximum Gasteiger partial charge on any atom is 0.230 e. The zero-order valence-electron chi connectivity index (χ0n) is 12.3. The van der Waals surface area contributed by atoms with Crippen molar-refractivity contribution < 1.29 is 14.3 Å². The van der Waals surface area contributed by atoms with E-state index in [1.807, 2.05) is 19.1 Å². The van der Waals surface area contributed by atoms with E-state index in [0.29, 0.717) is 41.2 Å². The topological polar surface area (TPSA) is 47.6 Å². The zero-order valence-corrected chi connectivity index (χ0v) is 13.9. The van der Waals surface area contributed by atoms with E-state index < -0.39 is 0 Å². The van der Waals surface area contributed by atoms with Gasteiger partial charge in [-0.1, -0.05) is 18.5 Å². The molecular formula is C15H20ClNO3S. The van der Waals surface area contributed by atoms with E-state index in [1.54, 1.807) is 11.8 Å². The third kappa shape index (κ3) is 4.71. The minimum Gasteiger partial charge on any atom is -0.486 e. The Hall–Kier alpha value is -1.07. The van der Waals surface area contributed by atoms with Gasteiger partial charge >= 0.3 is 0 Å². The molecule has 0 fully saturated rings. The van der Waals surface area contributed by atoms with E-state index in [2.05, 4.69) is 12.2 Å². The molecule has 0 unspecified atom stereocenters. The highest BCUT2D eigenvalue weighted by molar-refractivity contribution is 7.99. The predicted molar refractivity (Wildman–Crippen MR) is 86.5 cm³/mol. The first kappa shape index (κ1) is 16.3. The number of rotatable bonds is 6. The Morgan fingerprint density at radius 2 is 2.19 bits per heavy atom. The molecule has 1 aromatic carbocycles. The van der Waals surface area contributed by atoms with Crippen LogP contribution in [0.3, 0.4) is 0 Å². The monoisotopic (exact) mass is 329 g/mol. The van der Waals surface area contributed by atoms with Crippen molar-refractivity contribution in [2.75, 3.05) is 19.0 Å². The molecule has 6 heteroatoms. The summed E-state index contributed by atoms with van der Waals surface area (Å²) in [6.07, 6.45) is 0.939. The molecule has 1 heterocycles. The molecule has 1 aliphatic heterocycles. The van der Waals surface area contributed by atoms with Crippen molar-refractivity contribution in [3.8, 4) is 11.5 Å². The zero-order chi connectivity index (χ0) is 15.2. The molecule has 1 aliphatic rings. The van der Waals surface area contributed by atoms with Crippen LogP contribution in [0.1, 0.15) is 25.8 Å². The van der Waals surface area contributed by atoms with Gasteiger partial charge in [-0.15, -0.1) is 11.8 Å². The number of halogens is 1. The minimum atomic E-state index is 0.0676. The van der Waals surface area contributed by atoms with Gasteiger partial charge in [-0.3, -0.25) is 4.79 Å². The summed E-state index contributed by atoms with van der Waals surface area (Å²) in [4.78, 5) is 11.7. The van der Waals surface area contributed by atoms with Crippen molar-refractivity contribution in [3.63, 3.8) is 0 Å². The Labute approximate surface area is 134 Å². The second-order valence-electron chi connectivity index (χ2n) is 4.97. The number of carbonyl (C=O) groups is 1. The third-order valence-electron chi connectivity index (χ3n) is 3.18. The summed E-state index contributed by atoms with van der Waals surface area (Å²) >= 11 is 7.74. The molecule has 0 aromatic heterocycles. The second kappa shape index (κ2) is 7.80. The number of amides is 1. The summed E-state index contributed by atoms with van der Waals surface area (Å²) in [5.41, 5.74) is 1.03. The number of carbonyl (C=O) groups excluding carboxylic acids is 1. The van der Waals surface area contributed by atoms with E-state index in [9.17, 15) is 4.79 Å². The lowest BCUT2D eigenvalue weighted by Crippen LogP contribution is -2.33. The Kier molecular flexibility index (Phi) is 6.06. The number of thioether (sulfide) groups is 1. The molecule has 0 aliphatic carbocycles. The third-order valence-corrected chi connectivity index (χ3v) is 4.46. The van der Waals surface area contributed by atoms with Gasteiger partial charge in [-0.2, -0.15) is 0 Å². The lowest BCUT2D eigenvalue weighted by molar-refractivity contribution is -0.119. The Morgan fingerprint density at radius 1 is 1.43 bits per heavy atom. The normalized spacial score (nSPS) is 14.6. The van der Waals surface area contributed by atoms with Crippen LogP contribution in [0, 0.1) is 0 Å². The maximum atomic E-state index is 11.7. The first-order chi connectivity index (χ1) is 10.1. The summed E-state index contributed by atoms with van der Waals surface area (Å²) < 4.78 is 11.0. The Balaban J connectivity index is 1.86. The van der Waals surface area contributed by atoms with Crippen LogP contribution in [0.15, 0.2) is 12.1 Å². The average molecular weight is 330 g/mol. The van der Waals surface area contributed by atoms with Gasteiger partial charge < -0.3 is 14.8 Å². The molecule has 4 nitrogen and oxygen atoms in total. The minimum absolute atomic E-state index is 0.0676. The number of nitrogens with one attached hydrogen (secondary N) is 1. The molecule has 1 atom stereocenters. The molecule has 2 rings (SSSR count). The van der Waals surface area contributed by atoms with Gasteiger partial charge in [0.05, 0.1) is 10.8 Å². The van der Waals surface area contributed by atoms with Gasteiger partial charge in [-0.25, -0.2) is 0 Å². The van der Waals surface area contributed by atoms with Crippen LogP contribution in [0.25, 0.3) is 0 Å². The van der Waals surface area contributed by atoms with Crippen LogP contribution in [0.4, 0.5) is 0 Å². The summed E-state index contributed by atoms with van der Waals surface area (Å²) in [6, 6.07) is 4.02. The van der Waals surface area contributed by atoms with Crippen molar-refractivity contribution >= 4 is 29.3 Å². The molecule has 0 radical (unpaired) electrons. The van der Waals surface area contributed by atoms with Crippen molar-refractivity contribution in [2.24, 2.45) is 0 Å². The fourth-order valence-corrected chi connectivity index (χ4v) is 2.99. The SMILES string of the molecule is CC[C@@H](C)NC(=O)CSCc1cc(Cl)c2c(c1)OCCO2. The molecule has 1 amide bonds. The molecule has 116 valence electrons. The average Bonchev–Trinajstić information content (AvgIpc) is 2.47. The molecule has 0 saturated heterocycles. The van der Waals surface area contributed by atoms with Crippen molar-refractivity contribution in [1.29, 1.82) is 0 Å². The van der Waals surface area contributed by atoms with Gasteiger partial charge in [-0.05, 0) is 31.0 Å². The van der Waals surface area contributed by atoms with Crippen LogP contribution in [-0.4, -0.2) is 30.9 Å². The van der Waals surface area contributed by atoms with Crippen molar-refractivity contribution in [1.82, 2.24) is 5.32 Å². The number of hydrogen-bond donors (Lipinski definition) is 1. The van der Waals surface area contributed by atoms with E-state index >= 15 is 0 Å². The summed E-state index contributed by atoms with van der Waals surface area (Å²) in [5, 5.41) is 3.51. The van der Waals surface area contributed by atoms with E-state index in [1.165, 1.54) is 0 Å². The van der Waals surface area contributed by atoms with Crippen molar-refractivity contribution in [2.45, 2.75) is 32.1 Å². The van der Waals surface area contributed by atoms with Crippen LogP contribution in [-0.2, 0) is 10.5 Å². The number of fused-ring (bicyclic) bond motifs is 1. The van der Waals surface area contributed by atoms with Crippen LogP contribution in [0.5, 0.6) is 11.5 Å². The molecular weight excluding hydrogens is 310 g/mol. The lowest BCUT2D eigenvalue weighted by Gasteiger charge is -2.20. The predicted octanol–water partition coefficient (Wildman–Crippen LogP) is 3.26. The number of ether oxygens (including phenoxy) is 2. The highest BCUT2D eigenvalue weighted by Gasteiger charge is 2.16. The Bertz CT molecular complexity index is 510. The fraction of sp³-hybridized carbons (Fsp3) is 0.533. The van der Waals surface area contributed by atoms with E-state index in [-0.39, 0.29) is 11.9 Å². The standard InChI is InChI=1S/C15H20ClNO3S/c1-3-10(2)17-14(18)9-21-8-11-6-12(16)15-13(7-11)19-4-5-20-15/h6-7,10H,3-5,8-9H2,1-2H3,(H,17,18)/t10-/m1/s1. The Morgan fingerprint density at radius 3 is 2.95 bits per heavy atom. The molecule has 0 saturated carbocycles. The van der Waals surface area contributed by atoms with Crippen molar-refractivity contribution in [3.05, 3.63) is 22.7 Å². The fourth-order valence-electron chi connectivity index (χ4n) is 1.93. The largest absolute Gasteiger partial charge is 0.486 e. The second-order valence-corrected chi connectivity index (χ2v) is 6.36. The van der Waals surface area contributed by atoms with Gasteiger partial charge in [0.25, 0.3) is 0 Å². The summed E-state index contributed by atoms with van der Waals surface area (Å²) in [6.45, 7) is 5.12. The van der Waals surface area contributed by atoms with Crippen LogP contribution >= 0.6 is 23.4 Å². The molecule has 1 N–H and O–H groups in total. The molecule has 0 spiro atoms. The van der Waals surface area contributed by atoms with Gasteiger partial charge in [0.15, 0.2) is 11.5 Å². The first-order valence-corrected chi connectivity index (χ1v) is 8.58. The van der Waals surface area contributed by atoms with E-state index in [4.69, 9.17) is 21.1 Å². The van der Waals surface area contributed by atoms with Gasteiger partial charge in [0.2, 0.25) is 5.91 Å². The number of hydrogen-bond acceptors (Lipinski definition) is 4. The quantitative estimate of drug-likeness (QED) is 0.870. The molecule has 1 aromatic rings. The highest BCUT2D eigenvalue weighted by Crippen LogP contribution is 2.39. The van der Waals surface area contributed by atoms with Crippen LogP contribution < -0.4 is 14.8 Å². The smallest absolute Gasteiger partial charge is 0.230 e. The van der Waals surface area contributed by atoms with Gasteiger partial charge in [0, 0.05) is 11.8 Å². The van der Waals surface area contributed by atoms with E-state index in [0.717, 1.165) is 12.0 Å². The lowest BCUT2D eigenvalue weighted by atomic mass is 10.2. The first-order valence-electron chi connectivity index (χ1n) is 7.05.